The van der Waals surface area contributed by atoms with E-state index >= 15 is 0 Å². The predicted molar refractivity (Wildman–Crippen MR) is 140 cm³/mol. The first-order chi connectivity index (χ1) is 18.3. The Kier molecular flexibility index (Phi) is 6.50. The monoisotopic (exact) mass is 489 g/mol. The molecule has 3 aromatic heterocycles. The number of imidazole rings is 1. The van der Waals surface area contributed by atoms with Gasteiger partial charge in [-0.25, -0.2) is 14.3 Å². The zero-order valence-corrected chi connectivity index (χ0v) is 20.4. The number of nitrogens with zero attached hydrogens (tertiary/aromatic N) is 8. The van der Waals surface area contributed by atoms with E-state index in [2.05, 4.69) is 54.8 Å². The molecule has 0 saturated carbocycles. The number of benzene rings is 3. The number of hydrogen-bond acceptors (Lipinski definition) is 6. The van der Waals surface area contributed by atoms with E-state index in [1.165, 1.54) is 11.1 Å². The van der Waals surface area contributed by atoms with Gasteiger partial charge in [-0.1, -0.05) is 83.2 Å². The summed E-state index contributed by atoms with van der Waals surface area (Å²) in [6.07, 6.45) is 4.01. The molecule has 1 N–H and O–H groups in total. The molecule has 0 bridgehead atoms. The molecule has 3 aromatic carbocycles. The van der Waals surface area contributed by atoms with Crippen molar-refractivity contribution in [3.63, 3.8) is 0 Å². The van der Waals surface area contributed by atoms with Crippen LogP contribution in [-0.4, -0.2) is 44.9 Å². The van der Waals surface area contributed by atoms with Crippen LogP contribution in [0.4, 0.5) is 0 Å². The Morgan fingerprint density at radius 2 is 1.16 bits per heavy atom. The number of fused-ring (bicyclic) bond motifs is 1. The molecule has 0 atom stereocenters. The number of aromatic nitrogens is 8. The SMILES string of the molecule is c1ccc(Cn2cc(CN(Cc3cn(Cc4ccccc4)nn3)Cc3nc4ccccc4[nH]3)nn2)cc1. The summed E-state index contributed by atoms with van der Waals surface area (Å²) in [5.41, 5.74) is 6.15. The van der Waals surface area contributed by atoms with E-state index in [0.717, 1.165) is 28.2 Å². The molecular formula is C28H27N9. The fourth-order valence-electron chi connectivity index (χ4n) is 4.44. The topological polar surface area (TPSA) is 93.3 Å². The number of para-hydroxylation sites is 2. The molecule has 0 fully saturated rings. The lowest BCUT2D eigenvalue weighted by molar-refractivity contribution is 0.236. The van der Waals surface area contributed by atoms with Crippen LogP contribution in [0.1, 0.15) is 28.3 Å². The molecule has 9 nitrogen and oxygen atoms in total. The summed E-state index contributed by atoms with van der Waals surface area (Å²) < 4.78 is 3.75. The van der Waals surface area contributed by atoms with Crippen molar-refractivity contribution in [2.45, 2.75) is 32.7 Å². The highest BCUT2D eigenvalue weighted by molar-refractivity contribution is 5.74. The van der Waals surface area contributed by atoms with Gasteiger partial charge < -0.3 is 4.98 Å². The van der Waals surface area contributed by atoms with Gasteiger partial charge in [-0.3, -0.25) is 4.90 Å². The lowest BCUT2D eigenvalue weighted by Gasteiger charge is -2.18. The summed E-state index contributed by atoms with van der Waals surface area (Å²) in [6.45, 7) is 3.21. The van der Waals surface area contributed by atoms with Crippen molar-refractivity contribution in [3.05, 3.63) is 126 Å². The van der Waals surface area contributed by atoms with Gasteiger partial charge in [0.05, 0.1) is 54.4 Å². The molecule has 6 aromatic rings. The third-order valence-electron chi connectivity index (χ3n) is 6.13. The first kappa shape index (κ1) is 22.8. The Bertz CT molecular complexity index is 1450. The van der Waals surface area contributed by atoms with Crippen LogP contribution in [0.15, 0.2) is 97.3 Å². The molecule has 0 saturated heterocycles. The first-order valence-electron chi connectivity index (χ1n) is 12.3. The van der Waals surface area contributed by atoms with Crippen LogP contribution >= 0.6 is 0 Å². The third-order valence-corrected chi connectivity index (χ3v) is 6.13. The standard InChI is InChI=1S/C28H27N9/c1-3-9-22(10-4-1)15-36-19-24(31-33-36)17-35(21-28-29-26-13-7-8-14-27(26)30-28)18-25-20-37(34-32-25)16-23-11-5-2-6-12-23/h1-14,19-20H,15-18,21H2,(H,29,30). The lowest BCUT2D eigenvalue weighted by Crippen LogP contribution is -2.23. The second-order valence-electron chi connectivity index (χ2n) is 9.13. The van der Waals surface area contributed by atoms with Crippen molar-refractivity contribution >= 4 is 11.0 Å². The molecule has 0 aliphatic rings. The number of nitrogens with one attached hydrogen (secondary N) is 1. The van der Waals surface area contributed by atoms with Crippen LogP contribution in [0.2, 0.25) is 0 Å². The van der Waals surface area contributed by atoms with Crippen LogP contribution in [0.5, 0.6) is 0 Å². The molecule has 0 radical (unpaired) electrons. The molecular weight excluding hydrogens is 462 g/mol. The molecule has 184 valence electrons. The summed E-state index contributed by atoms with van der Waals surface area (Å²) >= 11 is 0. The van der Waals surface area contributed by atoms with Gasteiger partial charge in [0.1, 0.15) is 5.82 Å². The van der Waals surface area contributed by atoms with Crippen molar-refractivity contribution in [1.29, 1.82) is 0 Å². The second kappa shape index (κ2) is 10.5. The van der Waals surface area contributed by atoms with E-state index in [-0.39, 0.29) is 0 Å². The highest BCUT2D eigenvalue weighted by atomic mass is 15.4. The van der Waals surface area contributed by atoms with E-state index in [9.17, 15) is 0 Å². The zero-order valence-electron chi connectivity index (χ0n) is 20.4. The van der Waals surface area contributed by atoms with E-state index in [0.29, 0.717) is 32.7 Å². The minimum absolute atomic E-state index is 0.609. The summed E-state index contributed by atoms with van der Waals surface area (Å²) in [6, 6.07) is 28.6. The Morgan fingerprint density at radius 1 is 0.622 bits per heavy atom. The van der Waals surface area contributed by atoms with Crippen molar-refractivity contribution < 1.29 is 0 Å². The molecule has 0 aliphatic carbocycles. The van der Waals surface area contributed by atoms with Gasteiger partial charge in [-0.2, -0.15) is 0 Å². The largest absolute Gasteiger partial charge is 0.341 e. The van der Waals surface area contributed by atoms with Crippen molar-refractivity contribution in [1.82, 2.24) is 44.9 Å². The molecule has 0 amide bonds. The molecule has 0 aliphatic heterocycles. The number of aromatic amines is 1. The number of rotatable bonds is 10. The van der Waals surface area contributed by atoms with Gasteiger partial charge in [0.15, 0.2) is 0 Å². The maximum absolute atomic E-state index is 4.78. The molecule has 3 heterocycles. The third kappa shape index (κ3) is 5.79. The van der Waals surface area contributed by atoms with Crippen LogP contribution < -0.4 is 0 Å². The molecule has 0 spiro atoms. The van der Waals surface area contributed by atoms with Crippen LogP contribution in [0, 0.1) is 0 Å². The maximum Gasteiger partial charge on any atom is 0.121 e. The Hall–Kier alpha value is -4.63. The second-order valence-corrected chi connectivity index (χ2v) is 9.13. The van der Waals surface area contributed by atoms with Gasteiger partial charge in [-0.15, -0.1) is 10.2 Å². The summed E-state index contributed by atoms with van der Waals surface area (Å²) in [5.74, 6) is 0.898. The maximum atomic E-state index is 4.78. The van der Waals surface area contributed by atoms with Crippen molar-refractivity contribution in [2.75, 3.05) is 0 Å². The fraction of sp³-hybridized carbons (Fsp3) is 0.179. The smallest absolute Gasteiger partial charge is 0.121 e. The van der Waals surface area contributed by atoms with Crippen molar-refractivity contribution in [2.24, 2.45) is 0 Å². The summed E-state index contributed by atoms with van der Waals surface area (Å²) in [7, 11) is 0. The number of hydrogen-bond donors (Lipinski definition) is 1. The highest BCUT2D eigenvalue weighted by Gasteiger charge is 2.15. The molecule has 9 heteroatoms. The first-order valence-corrected chi connectivity index (χ1v) is 12.3. The number of H-pyrrole nitrogens is 1. The van der Waals surface area contributed by atoms with Gasteiger partial charge in [0.2, 0.25) is 0 Å². The van der Waals surface area contributed by atoms with Gasteiger partial charge in [0.25, 0.3) is 0 Å². The average molecular weight is 490 g/mol. The van der Waals surface area contributed by atoms with E-state index in [4.69, 9.17) is 4.98 Å². The molecule has 0 unspecified atom stereocenters. The Morgan fingerprint density at radius 3 is 1.73 bits per heavy atom. The highest BCUT2D eigenvalue weighted by Crippen LogP contribution is 2.15. The van der Waals surface area contributed by atoms with E-state index < -0.39 is 0 Å². The minimum Gasteiger partial charge on any atom is -0.341 e. The van der Waals surface area contributed by atoms with E-state index in [1.54, 1.807) is 0 Å². The van der Waals surface area contributed by atoms with Crippen LogP contribution in [-0.2, 0) is 32.7 Å². The van der Waals surface area contributed by atoms with Crippen LogP contribution in [0.25, 0.3) is 11.0 Å². The minimum atomic E-state index is 0.609. The predicted octanol–water partition coefficient (Wildman–Crippen LogP) is 4.04. The van der Waals surface area contributed by atoms with Gasteiger partial charge in [-0.05, 0) is 23.3 Å². The normalized spacial score (nSPS) is 11.5. The quantitative estimate of drug-likeness (QED) is 0.312. The van der Waals surface area contributed by atoms with Gasteiger partial charge in [0, 0.05) is 13.1 Å². The lowest BCUT2D eigenvalue weighted by atomic mass is 10.2. The molecule has 6 rings (SSSR count). The van der Waals surface area contributed by atoms with Gasteiger partial charge >= 0.3 is 0 Å². The Balaban J connectivity index is 1.19. The van der Waals surface area contributed by atoms with Crippen LogP contribution in [0.3, 0.4) is 0 Å². The van der Waals surface area contributed by atoms with Crippen molar-refractivity contribution in [3.8, 4) is 0 Å². The molecule has 37 heavy (non-hydrogen) atoms. The Labute approximate surface area is 214 Å². The fourth-order valence-corrected chi connectivity index (χ4v) is 4.44. The summed E-state index contributed by atoms with van der Waals surface area (Å²) in [5, 5.41) is 17.6. The zero-order chi connectivity index (χ0) is 24.9. The van der Waals surface area contributed by atoms with E-state index in [1.807, 2.05) is 82.4 Å². The average Bonchev–Trinajstić information content (AvgIpc) is 3.65. The summed E-state index contributed by atoms with van der Waals surface area (Å²) in [4.78, 5) is 10.5.